The Bertz CT molecular complexity index is 360. The lowest BCUT2D eigenvalue weighted by molar-refractivity contribution is -0.133. The zero-order valence-electron chi connectivity index (χ0n) is 12.5. The molecule has 0 spiro atoms. The smallest absolute Gasteiger partial charge is 0.212 e. The molecule has 0 bridgehead atoms. The van der Waals surface area contributed by atoms with Gasteiger partial charge in [-0.15, -0.1) is 0 Å². The van der Waals surface area contributed by atoms with Crippen LogP contribution in [0.1, 0.15) is 53.4 Å². The number of aldehydes is 1. The summed E-state index contributed by atoms with van der Waals surface area (Å²) in [6.45, 7) is 9.81. The monoisotopic (exact) mass is 266 g/mol. The Balaban J connectivity index is 2.16. The Kier molecular flexibility index (Phi) is 3.85. The van der Waals surface area contributed by atoms with Crippen LogP contribution in [-0.4, -0.2) is 46.7 Å². The number of nitrogens with one attached hydrogen (secondary N) is 1. The molecule has 0 radical (unpaired) electrons. The van der Waals surface area contributed by atoms with Gasteiger partial charge in [-0.05, 0) is 59.9 Å². The molecule has 2 heterocycles. The number of Topliss-reactive ketones (excluding diaryl/α,β-unsaturated/α-hetero) is 1. The first-order chi connectivity index (χ1) is 8.74. The van der Waals surface area contributed by atoms with E-state index in [-0.39, 0.29) is 22.9 Å². The van der Waals surface area contributed by atoms with E-state index in [9.17, 15) is 9.59 Å². The third-order valence-electron chi connectivity index (χ3n) is 4.38. The van der Waals surface area contributed by atoms with Crippen LogP contribution in [0.25, 0.3) is 0 Å². The molecule has 0 amide bonds. The molecule has 0 aliphatic carbocycles. The van der Waals surface area contributed by atoms with E-state index in [0.717, 1.165) is 32.2 Å². The van der Waals surface area contributed by atoms with Crippen LogP contribution in [0.15, 0.2) is 0 Å². The fourth-order valence-electron chi connectivity index (χ4n) is 4.11. The summed E-state index contributed by atoms with van der Waals surface area (Å²) in [5.41, 5.74) is 0.146. The van der Waals surface area contributed by atoms with Crippen molar-refractivity contribution in [3.05, 3.63) is 0 Å². The number of ketones is 1. The number of likely N-dealkylation sites (tertiary alicyclic amines) is 1. The van der Waals surface area contributed by atoms with Crippen molar-refractivity contribution in [1.82, 2.24) is 10.2 Å². The first-order valence-electron chi connectivity index (χ1n) is 7.28. The highest BCUT2D eigenvalue weighted by molar-refractivity contribution is 6.27. The third-order valence-corrected chi connectivity index (χ3v) is 4.38. The molecule has 0 aromatic rings. The number of carbonyl (C=O) groups is 2. The first kappa shape index (κ1) is 14.7. The van der Waals surface area contributed by atoms with Gasteiger partial charge >= 0.3 is 0 Å². The fourth-order valence-corrected chi connectivity index (χ4v) is 4.11. The van der Waals surface area contributed by atoms with Crippen molar-refractivity contribution in [2.24, 2.45) is 0 Å². The van der Waals surface area contributed by atoms with Crippen LogP contribution < -0.4 is 5.32 Å². The van der Waals surface area contributed by atoms with Crippen LogP contribution in [0.2, 0.25) is 0 Å². The second-order valence-corrected chi connectivity index (χ2v) is 7.37. The Morgan fingerprint density at radius 1 is 1.21 bits per heavy atom. The lowest BCUT2D eigenvalue weighted by Crippen LogP contribution is -2.63. The molecular formula is C15H26N2O2. The summed E-state index contributed by atoms with van der Waals surface area (Å²) < 4.78 is 0. The Hall–Kier alpha value is -0.740. The van der Waals surface area contributed by atoms with Crippen molar-refractivity contribution >= 4 is 12.1 Å². The van der Waals surface area contributed by atoms with Gasteiger partial charge in [0.05, 0.1) is 6.04 Å². The molecule has 2 aliphatic heterocycles. The minimum Gasteiger partial charge on any atom is -0.307 e. The van der Waals surface area contributed by atoms with E-state index in [1.54, 1.807) is 0 Å². The van der Waals surface area contributed by atoms with Gasteiger partial charge in [0.2, 0.25) is 5.78 Å². The van der Waals surface area contributed by atoms with Gasteiger partial charge in [0, 0.05) is 17.1 Å². The SMILES string of the molecule is CC1(C)CC(N2CCCC2C(=O)C=O)CC(C)(C)N1. The molecule has 108 valence electrons. The van der Waals surface area contributed by atoms with E-state index in [0.29, 0.717) is 12.3 Å². The number of hydrogen-bond donors (Lipinski definition) is 1. The minimum atomic E-state index is -0.244. The highest BCUT2D eigenvalue weighted by atomic mass is 16.2. The molecule has 1 N–H and O–H groups in total. The molecule has 0 aromatic carbocycles. The second kappa shape index (κ2) is 4.98. The van der Waals surface area contributed by atoms with Crippen LogP contribution in [0.4, 0.5) is 0 Å². The zero-order chi connectivity index (χ0) is 14.3. The van der Waals surface area contributed by atoms with Gasteiger partial charge in [0.15, 0.2) is 6.29 Å². The Labute approximate surface area is 115 Å². The highest BCUT2D eigenvalue weighted by Crippen LogP contribution is 2.34. The summed E-state index contributed by atoms with van der Waals surface area (Å²) in [5.74, 6) is -0.244. The van der Waals surface area contributed by atoms with E-state index in [1.807, 2.05) is 0 Å². The molecule has 19 heavy (non-hydrogen) atoms. The predicted molar refractivity (Wildman–Crippen MR) is 75.1 cm³/mol. The average Bonchev–Trinajstić information content (AvgIpc) is 2.72. The van der Waals surface area contributed by atoms with Gasteiger partial charge in [-0.1, -0.05) is 0 Å². The van der Waals surface area contributed by atoms with E-state index in [1.165, 1.54) is 0 Å². The van der Waals surface area contributed by atoms with E-state index < -0.39 is 0 Å². The predicted octanol–water partition coefficient (Wildman–Crippen LogP) is 1.53. The number of hydrogen-bond acceptors (Lipinski definition) is 4. The molecule has 1 atom stereocenters. The Morgan fingerprint density at radius 3 is 2.32 bits per heavy atom. The average molecular weight is 266 g/mol. The molecule has 0 saturated carbocycles. The van der Waals surface area contributed by atoms with Crippen LogP contribution in [0.3, 0.4) is 0 Å². The first-order valence-corrected chi connectivity index (χ1v) is 7.28. The molecular weight excluding hydrogens is 240 g/mol. The van der Waals surface area contributed by atoms with Gasteiger partial charge in [0.25, 0.3) is 0 Å². The maximum Gasteiger partial charge on any atom is 0.212 e. The minimum absolute atomic E-state index is 0.0732. The summed E-state index contributed by atoms with van der Waals surface area (Å²) >= 11 is 0. The molecule has 4 nitrogen and oxygen atoms in total. The van der Waals surface area contributed by atoms with E-state index >= 15 is 0 Å². The zero-order valence-corrected chi connectivity index (χ0v) is 12.5. The van der Waals surface area contributed by atoms with Crippen LogP contribution in [-0.2, 0) is 9.59 Å². The molecule has 4 heteroatoms. The molecule has 2 fully saturated rings. The fraction of sp³-hybridized carbons (Fsp3) is 0.867. The normalized spacial score (nSPS) is 31.3. The van der Waals surface area contributed by atoms with E-state index in [2.05, 4.69) is 37.9 Å². The molecule has 2 aliphatic rings. The van der Waals surface area contributed by atoms with Crippen molar-refractivity contribution in [1.29, 1.82) is 0 Å². The van der Waals surface area contributed by atoms with Crippen molar-refractivity contribution in [3.63, 3.8) is 0 Å². The van der Waals surface area contributed by atoms with Crippen molar-refractivity contribution in [3.8, 4) is 0 Å². The van der Waals surface area contributed by atoms with Gasteiger partial charge < -0.3 is 5.32 Å². The maximum atomic E-state index is 11.8. The summed E-state index contributed by atoms with van der Waals surface area (Å²) in [4.78, 5) is 24.8. The topological polar surface area (TPSA) is 49.4 Å². The van der Waals surface area contributed by atoms with Gasteiger partial charge in [-0.2, -0.15) is 0 Å². The van der Waals surface area contributed by atoms with Gasteiger partial charge in [-0.3, -0.25) is 14.5 Å². The van der Waals surface area contributed by atoms with Crippen molar-refractivity contribution in [2.75, 3.05) is 6.54 Å². The van der Waals surface area contributed by atoms with Crippen LogP contribution >= 0.6 is 0 Å². The Morgan fingerprint density at radius 2 is 1.79 bits per heavy atom. The highest BCUT2D eigenvalue weighted by Gasteiger charge is 2.43. The summed E-state index contributed by atoms with van der Waals surface area (Å²) in [5, 5.41) is 3.66. The lowest BCUT2D eigenvalue weighted by atomic mass is 9.78. The molecule has 0 aromatic heterocycles. The van der Waals surface area contributed by atoms with Crippen LogP contribution in [0.5, 0.6) is 0 Å². The molecule has 2 saturated heterocycles. The van der Waals surface area contributed by atoms with E-state index in [4.69, 9.17) is 0 Å². The molecule has 2 rings (SSSR count). The summed E-state index contributed by atoms with van der Waals surface area (Å²) in [6.07, 6.45) is 4.41. The lowest BCUT2D eigenvalue weighted by Gasteiger charge is -2.49. The largest absolute Gasteiger partial charge is 0.307 e. The van der Waals surface area contributed by atoms with Gasteiger partial charge in [0.1, 0.15) is 0 Å². The number of nitrogens with zero attached hydrogens (tertiary/aromatic N) is 1. The standard InChI is InChI=1S/C15H26N2O2/c1-14(2)8-11(9-15(3,4)16-14)17-7-5-6-12(17)13(19)10-18/h10-12,16H,5-9H2,1-4H3. The number of carbonyl (C=O) groups excluding carboxylic acids is 2. The van der Waals surface area contributed by atoms with Gasteiger partial charge in [-0.25, -0.2) is 0 Å². The van der Waals surface area contributed by atoms with Crippen molar-refractivity contribution in [2.45, 2.75) is 76.5 Å². The summed E-state index contributed by atoms with van der Waals surface area (Å²) in [6, 6.07) is 0.217. The molecule has 1 unspecified atom stereocenters. The third kappa shape index (κ3) is 3.23. The summed E-state index contributed by atoms with van der Waals surface area (Å²) in [7, 11) is 0. The quantitative estimate of drug-likeness (QED) is 0.621. The number of rotatable bonds is 3. The van der Waals surface area contributed by atoms with Crippen LogP contribution in [0, 0.1) is 0 Å². The second-order valence-electron chi connectivity index (χ2n) is 7.37. The number of piperidine rings is 1. The van der Waals surface area contributed by atoms with Crippen molar-refractivity contribution < 1.29 is 9.59 Å². The maximum absolute atomic E-state index is 11.8.